The first kappa shape index (κ1) is 17.6. The van der Waals surface area contributed by atoms with Crippen molar-refractivity contribution in [1.29, 1.82) is 0 Å². The average Bonchev–Trinajstić information content (AvgIpc) is 3.16. The summed E-state index contributed by atoms with van der Waals surface area (Å²) in [6, 6.07) is 10.8. The zero-order valence-electron chi connectivity index (χ0n) is 14.7. The summed E-state index contributed by atoms with van der Waals surface area (Å²) in [5.74, 6) is 0.981. The van der Waals surface area contributed by atoms with Crippen LogP contribution >= 0.6 is 11.6 Å². The summed E-state index contributed by atoms with van der Waals surface area (Å²) in [6.07, 6.45) is 5.28. The topological polar surface area (TPSA) is 71.8 Å². The molecule has 1 saturated heterocycles. The molecule has 0 radical (unpaired) electrons. The van der Waals surface area contributed by atoms with Gasteiger partial charge in [0, 0.05) is 31.5 Å². The minimum atomic E-state index is -0.116. The third-order valence-electron chi connectivity index (χ3n) is 4.71. The minimum absolute atomic E-state index is 0.116. The normalized spacial score (nSPS) is 15.1. The summed E-state index contributed by atoms with van der Waals surface area (Å²) < 4.78 is 7.53. The van der Waals surface area contributed by atoms with Crippen LogP contribution in [0.3, 0.4) is 0 Å². The van der Waals surface area contributed by atoms with Crippen molar-refractivity contribution in [1.82, 2.24) is 19.5 Å². The highest BCUT2D eigenvalue weighted by Gasteiger charge is 2.23. The van der Waals surface area contributed by atoms with E-state index in [9.17, 15) is 4.79 Å². The molecule has 1 aliphatic rings. The number of benzene rings is 1. The van der Waals surface area contributed by atoms with Crippen molar-refractivity contribution in [3.05, 3.63) is 53.8 Å². The number of anilines is 1. The maximum atomic E-state index is 12.4. The first-order valence-corrected chi connectivity index (χ1v) is 9.30. The number of urea groups is 1. The Balaban J connectivity index is 1.26. The molecule has 0 saturated carbocycles. The van der Waals surface area contributed by atoms with Gasteiger partial charge in [-0.05, 0) is 37.0 Å². The number of halogens is 1. The lowest BCUT2D eigenvalue weighted by Crippen LogP contribution is -2.42. The standard InChI is InChI=1S/C19H20ClN5O2/c20-15-3-1-2-4-16(15)22-19(26)24-10-7-14(8-11-24)13-27-18-6-5-17-21-9-12-25(17)23-18/h1-6,9,12,14H,7-8,10-11,13H2,(H,22,26). The van der Waals surface area contributed by atoms with Crippen molar-refractivity contribution >= 4 is 29.0 Å². The van der Waals surface area contributed by atoms with Crippen molar-refractivity contribution in [2.24, 2.45) is 5.92 Å². The first-order chi connectivity index (χ1) is 13.2. The molecule has 2 aromatic heterocycles. The lowest BCUT2D eigenvalue weighted by Gasteiger charge is -2.31. The summed E-state index contributed by atoms with van der Waals surface area (Å²) in [6.45, 7) is 1.98. The molecule has 0 aliphatic carbocycles. The van der Waals surface area contributed by atoms with Crippen LogP contribution in [0.5, 0.6) is 5.88 Å². The zero-order valence-corrected chi connectivity index (χ0v) is 15.5. The Hall–Kier alpha value is -2.80. The largest absolute Gasteiger partial charge is 0.476 e. The maximum absolute atomic E-state index is 12.4. The smallest absolute Gasteiger partial charge is 0.321 e. The molecule has 0 bridgehead atoms. The predicted molar refractivity (Wildman–Crippen MR) is 103 cm³/mol. The Kier molecular flexibility index (Phi) is 5.11. The van der Waals surface area contributed by atoms with Crippen LogP contribution in [-0.2, 0) is 0 Å². The quantitative estimate of drug-likeness (QED) is 0.743. The van der Waals surface area contributed by atoms with E-state index in [2.05, 4.69) is 15.4 Å². The molecule has 1 aliphatic heterocycles. The van der Waals surface area contributed by atoms with Crippen molar-refractivity contribution in [3.63, 3.8) is 0 Å². The van der Waals surface area contributed by atoms with Crippen LogP contribution < -0.4 is 10.1 Å². The van der Waals surface area contributed by atoms with Crippen LogP contribution in [0.2, 0.25) is 5.02 Å². The van der Waals surface area contributed by atoms with Crippen LogP contribution in [-0.4, -0.2) is 45.2 Å². The van der Waals surface area contributed by atoms with Crippen molar-refractivity contribution < 1.29 is 9.53 Å². The summed E-state index contributed by atoms with van der Waals surface area (Å²) in [4.78, 5) is 18.4. The van der Waals surface area contributed by atoms with Crippen LogP contribution in [0.1, 0.15) is 12.8 Å². The van der Waals surface area contributed by atoms with Crippen LogP contribution in [0.4, 0.5) is 10.5 Å². The molecule has 4 rings (SSSR count). The number of amides is 2. The van der Waals surface area contributed by atoms with Crippen LogP contribution in [0.15, 0.2) is 48.8 Å². The molecule has 1 fully saturated rings. The van der Waals surface area contributed by atoms with E-state index < -0.39 is 0 Å². The third kappa shape index (κ3) is 4.14. The van der Waals surface area contributed by atoms with Gasteiger partial charge in [-0.1, -0.05) is 23.7 Å². The van der Waals surface area contributed by atoms with Crippen LogP contribution in [0, 0.1) is 5.92 Å². The van der Waals surface area contributed by atoms with E-state index in [4.69, 9.17) is 16.3 Å². The van der Waals surface area contributed by atoms with Gasteiger partial charge in [0.05, 0.1) is 17.3 Å². The van der Waals surface area contributed by atoms with Crippen molar-refractivity contribution in [3.8, 4) is 5.88 Å². The minimum Gasteiger partial charge on any atom is -0.476 e. The lowest BCUT2D eigenvalue weighted by atomic mass is 9.98. The van der Waals surface area contributed by atoms with E-state index in [-0.39, 0.29) is 6.03 Å². The predicted octanol–water partition coefficient (Wildman–Crippen LogP) is 3.71. The molecular weight excluding hydrogens is 366 g/mol. The van der Waals surface area contributed by atoms with Crippen molar-refractivity contribution in [2.75, 3.05) is 25.0 Å². The lowest BCUT2D eigenvalue weighted by molar-refractivity contribution is 0.150. The molecule has 140 valence electrons. The number of carbonyl (C=O) groups is 1. The molecule has 27 heavy (non-hydrogen) atoms. The second-order valence-electron chi connectivity index (χ2n) is 6.55. The Morgan fingerprint density at radius 3 is 2.85 bits per heavy atom. The summed E-state index contributed by atoms with van der Waals surface area (Å²) >= 11 is 6.10. The molecule has 3 heterocycles. The first-order valence-electron chi connectivity index (χ1n) is 8.93. The van der Waals surface area contributed by atoms with E-state index in [0.717, 1.165) is 18.5 Å². The Labute approximate surface area is 161 Å². The second-order valence-corrected chi connectivity index (χ2v) is 6.96. The van der Waals surface area contributed by atoms with Gasteiger partial charge in [-0.3, -0.25) is 0 Å². The molecule has 2 amide bonds. The summed E-state index contributed by atoms with van der Waals surface area (Å²) in [7, 11) is 0. The van der Waals surface area contributed by atoms with Crippen molar-refractivity contribution in [2.45, 2.75) is 12.8 Å². The fraction of sp³-hybridized carbons (Fsp3) is 0.316. The van der Waals surface area contributed by atoms with Gasteiger partial charge in [0.15, 0.2) is 5.65 Å². The molecule has 1 aromatic carbocycles. The van der Waals surface area contributed by atoms with Gasteiger partial charge in [-0.15, -0.1) is 5.10 Å². The number of nitrogens with zero attached hydrogens (tertiary/aromatic N) is 4. The fourth-order valence-corrected chi connectivity index (χ4v) is 3.32. The van der Waals surface area contributed by atoms with Gasteiger partial charge >= 0.3 is 6.03 Å². The average molecular weight is 386 g/mol. The number of hydrogen-bond acceptors (Lipinski definition) is 4. The molecule has 3 aromatic rings. The van der Waals surface area contributed by atoms with E-state index in [1.807, 2.05) is 29.2 Å². The molecule has 0 unspecified atom stereocenters. The van der Waals surface area contributed by atoms with E-state index in [0.29, 0.717) is 42.2 Å². The van der Waals surface area contributed by atoms with E-state index in [1.54, 1.807) is 29.0 Å². The highest BCUT2D eigenvalue weighted by molar-refractivity contribution is 6.33. The molecular formula is C19H20ClN5O2. The highest BCUT2D eigenvalue weighted by Crippen LogP contribution is 2.23. The number of imidazole rings is 1. The number of fused-ring (bicyclic) bond motifs is 1. The SMILES string of the molecule is O=C(Nc1ccccc1Cl)N1CCC(COc2ccc3nccn3n2)CC1. The number of hydrogen-bond donors (Lipinski definition) is 1. The number of rotatable bonds is 4. The molecule has 0 atom stereocenters. The van der Waals surface area contributed by atoms with Gasteiger partial charge in [0.2, 0.25) is 5.88 Å². The van der Waals surface area contributed by atoms with Gasteiger partial charge in [-0.2, -0.15) is 0 Å². The third-order valence-corrected chi connectivity index (χ3v) is 5.04. The van der Waals surface area contributed by atoms with Gasteiger partial charge in [0.1, 0.15) is 0 Å². The molecule has 8 heteroatoms. The van der Waals surface area contributed by atoms with E-state index in [1.165, 1.54) is 0 Å². The van der Waals surface area contributed by atoms with Gasteiger partial charge in [-0.25, -0.2) is 14.3 Å². The zero-order chi connectivity index (χ0) is 18.6. The van der Waals surface area contributed by atoms with Gasteiger partial charge < -0.3 is 15.0 Å². The molecule has 0 spiro atoms. The summed E-state index contributed by atoms with van der Waals surface area (Å²) in [5, 5.41) is 7.77. The highest BCUT2D eigenvalue weighted by atomic mass is 35.5. The Morgan fingerprint density at radius 2 is 2.04 bits per heavy atom. The van der Waals surface area contributed by atoms with Gasteiger partial charge in [0.25, 0.3) is 0 Å². The van der Waals surface area contributed by atoms with Crippen LogP contribution in [0.25, 0.3) is 5.65 Å². The number of likely N-dealkylation sites (tertiary alicyclic amines) is 1. The number of nitrogens with one attached hydrogen (secondary N) is 1. The summed E-state index contributed by atoms with van der Waals surface area (Å²) in [5.41, 5.74) is 1.43. The number of ether oxygens (including phenoxy) is 1. The Morgan fingerprint density at radius 1 is 1.22 bits per heavy atom. The molecule has 7 nitrogen and oxygen atoms in total. The second kappa shape index (κ2) is 7.84. The Bertz CT molecular complexity index is 937. The fourth-order valence-electron chi connectivity index (χ4n) is 3.14. The molecule has 1 N–H and O–H groups in total. The number of piperidine rings is 1. The van der Waals surface area contributed by atoms with E-state index >= 15 is 0 Å². The number of aromatic nitrogens is 3. The maximum Gasteiger partial charge on any atom is 0.321 e. The number of para-hydroxylation sites is 1. The monoisotopic (exact) mass is 385 g/mol. The number of carbonyl (C=O) groups excluding carboxylic acids is 1.